The first-order chi connectivity index (χ1) is 28.0. The zero-order chi connectivity index (χ0) is 40.9. The number of halogens is 6. The van der Waals surface area contributed by atoms with Crippen molar-refractivity contribution < 1.29 is 27.2 Å². The average molecular weight is 828 g/mol. The lowest BCUT2D eigenvalue weighted by Gasteiger charge is -2.37. The van der Waals surface area contributed by atoms with E-state index in [1.807, 2.05) is 48.5 Å². The van der Waals surface area contributed by atoms with Crippen LogP contribution in [0.3, 0.4) is 0 Å². The number of carbonyl (C=O) groups excluding carboxylic acids is 2. The Balaban J connectivity index is 0.000000149. The predicted molar refractivity (Wildman–Crippen MR) is 214 cm³/mol. The Morgan fingerprint density at radius 3 is 1.28 bits per heavy atom. The average Bonchev–Trinajstić information content (AvgIpc) is 3.77. The van der Waals surface area contributed by atoms with E-state index in [1.54, 1.807) is 12.4 Å². The molecular weight excluding hydrogens is 791 g/mol. The molecule has 4 aliphatic heterocycles. The summed E-state index contributed by atoms with van der Waals surface area (Å²) >= 11 is 12.2. The van der Waals surface area contributed by atoms with Gasteiger partial charge in [-0.25, -0.2) is 9.59 Å². The fraction of sp³-hybridized carbons (Fsp3) is 0.227. The van der Waals surface area contributed by atoms with Gasteiger partial charge >= 0.3 is 12.6 Å². The van der Waals surface area contributed by atoms with Gasteiger partial charge in [0.15, 0.2) is 0 Å². The van der Waals surface area contributed by atoms with Crippen molar-refractivity contribution in [3.05, 3.63) is 165 Å². The Hall–Kier alpha value is -5.40. The SMILES string of the molecule is Clc1ccc(C23CCN(Cc4cc(-c5cccnn5)ccc42)C3)cc1.Clc1ccc(C23CCN(Cc4cc(-c5cccnn5)ccc42)C3)cc1.O=C(F)F.O=C(F)F. The van der Waals surface area contributed by atoms with Gasteiger partial charge in [0.05, 0.1) is 11.4 Å². The number of hydrogen-bond donors (Lipinski definition) is 0. The van der Waals surface area contributed by atoms with Crippen molar-refractivity contribution in [2.75, 3.05) is 26.2 Å². The summed E-state index contributed by atoms with van der Waals surface area (Å²) in [5.41, 5.74) is 12.8. The van der Waals surface area contributed by atoms with Crippen LogP contribution in [-0.4, -0.2) is 69.0 Å². The summed E-state index contributed by atoms with van der Waals surface area (Å²) in [7, 11) is 0. The zero-order valence-corrected chi connectivity index (χ0v) is 32.5. The summed E-state index contributed by atoms with van der Waals surface area (Å²) in [4.78, 5) is 21.3. The molecule has 0 aliphatic carbocycles. The Bertz CT molecular complexity index is 2220. The normalized spacial score (nSPS) is 21.7. The highest BCUT2D eigenvalue weighted by molar-refractivity contribution is 6.30. The monoisotopic (exact) mass is 826 g/mol. The van der Waals surface area contributed by atoms with Crippen molar-refractivity contribution in [3.8, 4) is 22.5 Å². The first-order valence-electron chi connectivity index (χ1n) is 18.5. The molecule has 296 valence electrons. The molecule has 4 atom stereocenters. The van der Waals surface area contributed by atoms with Crippen LogP contribution in [0.15, 0.2) is 122 Å². The molecule has 0 amide bonds. The second kappa shape index (κ2) is 17.6. The van der Waals surface area contributed by atoms with Gasteiger partial charge in [-0.1, -0.05) is 71.7 Å². The van der Waals surface area contributed by atoms with Gasteiger partial charge in [0.25, 0.3) is 0 Å². The molecule has 4 aromatic carbocycles. The highest BCUT2D eigenvalue weighted by atomic mass is 35.5. The number of nitrogens with zero attached hydrogens (tertiary/aromatic N) is 6. The fourth-order valence-corrected chi connectivity index (χ4v) is 9.15. The number of aromatic nitrogens is 4. The van der Waals surface area contributed by atoms with Crippen LogP contribution in [0.2, 0.25) is 10.0 Å². The molecule has 6 heterocycles. The molecular formula is C44H36Cl2F4N6O2. The van der Waals surface area contributed by atoms with Gasteiger partial charge in [-0.2, -0.15) is 20.4 Å². The lowest BCUT2D eigenvalue weighted by Crippen LogP contribution is -2.37. The Morgan fingerprint density at radius 1 is 0.552 bits per heavy atom. The minimum atomic E-state index is -2.83. The van der Waals surface area contributed by atoms with E-state index in [-0.39, 0.29) is 10.8 Å². The first-order valence-corrected chi connectivity index (χ1v) is 19.2. The summed E-state index contributed by atoms with van der Waals surface area (Å²) in [5, 5.41) is 18.1. The van der Waals surface area contributed by atoms with Crippen LogP contribution in [0.5, 0.6) is 0 Å². The van der Waals surface area contributed by atoms with Gasteiger partial charge in [0.2, 0.25) is 0 Å². The molecule has 8 nitrogen and oxygen atoms in total. The maximum atomic E-state index is 9.69. The predicted octanol–water partition coefficient (Wildman–Crippen LogP) is 10.7. The third kappa shape index (κ3) is 8.85. The molecule has 0 spiro atoms. The molecule has 2 aromatic heterocycles. The van der Waals surface area contributed by atoms with Crippen LogP contribution < -0.4 is 0 Å². The molecule has 4 aliphatic rings. The molecule has 0 N–H and O–H groups in total. The van der Waals surface area contributed by atoms with E-state index in [9.17, 15) is 17.6 Å². The van der Waals surface area contributed by atoms with Crippen molar-refractivity contribution >= 4 is 35.8 Å². The van der Waals surface area contributed by atoms with E-state index in [4.69, 9.17) is 32.8 Å². The van der Waals surface area contributed by atoms with Crippen molar-refractivity contribution in [2.24, 2.45) is 0 Å². The minimum Gasteiger partial charge on any atom is -0.298 e. The number of carbonyl (C=O) groups is 2. The molecule has 10 rings (SSSR count). The number of benzene rings is 4. The van der Waals surface area contributed by atoms with Gasteiger partial charge in [-0.3, -0.25) is 9.80 Å². The third-order valence-corrected chi connectivity index (χ3v) is 11.8. The lowest BCUT2D eigenvalue weighted by molar-refractivity contribution is 0.197. The lowest BCUT2D eigenvalue weighted by atomic mass is 9.71. The topological polar surface area (TPSA) is 92.2 Å². The van der Waals surface area contributed by atoms with Crippen LogP contribution >= 0.6 is 23.2 Å². The highest BCUT2D eigenvalue weighted by Gasteiger charge is 2.47. The standard InChI is InChI=1S/2C21H18ClN3.2CF2O/c2*22-18-6-4-17(5-7-18)21-9-11-25(14-21)13-16-12-15(3-8-19(16)21)20-2-1-10-23-24-20;2*2-1(3)4/h2*1-8,10,12H,9,11,13-14H2;;. The van der Waals surface area contributed by atoms with Crippen molar-refractivity contribution in [2.45, 2.75) is 36.8 Å². The van der Waals surface area contributed by atoms with E-state index < -0.39 is 12.6 Å². The molecule has 6 aromatic rings. The molecule has 14 heteroatoms. The van der Waals surface area contributed by atoms with E-state index in [2.05, 4.69) is 90.9 Å². The minimum absolute atomic E-state index is 0.0824. The van der Waals surface area contributed by atoms with Crippen LogP contribution in [-0.2, 0) is 23.9 Å². The maximum absolute atomic E-state index is 9.69. The Labute approximate surface area is 342 Å². The van der Waals surface area contributed by atoms with Crippen molar-refractivity contribution in [3.63, 3.8) is 0 Å². The summed E-state index contributed by atoms with van der Waals surface area (Å²) in [6, 6.07) is 38.3. The van der Waals surface area contributed by atoms with E-state index in [0.717, 1.165) is 84.7 Å². The number of fused-ring (bicyclic) bond motifs is 8. The Morgan fingerprint density at radius 2 is 0.931 bits per heavy atom. The largest absolute Gasteiger partial charge is 0.483 e. The van der Waals surface area contributed by atoms with E-state index >= 15 is 0 Å². The molecule has 0 radical (unpaired) electrons. The number of hydrogen-bond acceptors (Lipinski definition) is 8. The van der Waals surface area contributed by atoms with E-state index in [0.29, 0.717) is 0 Å². The second-order valence-corrected chi connectivity index (χ2v) is 15.4. The summed E-state index contributed by atoms with van der Waals surface area (Å²) in [5.74, 6) is 0. The molecule has 58 heavy (non-hydrogen) atoms. The molecule has 0 saturated carbocycles. The smallest absolute Gasteiger partial charge is 0.298 e. The van der Waals surface area contributed by atoms with Gasteiger partial charge in [0.1, 0.15) is 0 Å². The van der Waals surface area contributed by atoms with Crippen molar-refractivity contribution in [1.82, 2.24) is 30.2 Å². The Kier molecular flexibility index (Phi) is 12.4. The van der Waals surface area contributed by atoms with Crippen LogP contribution in [0.25, 0.3) is 22.5 Å². The van der Waals surface area contributed by atoms with Crippen LogP contribution in [0.1, 0.15) is 46.2 Å². The van der Waals surface area contributed by atoms with E-state index in [1.165, 1.54) is 33.4 Å². The zero-order valence-electron chi connectivity index (χ0n) is 31.0. The first kappa shape index (κ1) is 40.8. The van der Waals surface area contributed by atoms with Gasteiger partial charge < -0.3 is 0 Å². The van der Waals surface area contributed by atoms with Gasteiger partial charge in [-0.05, 0) is 120 Å². The number of rotatable bonds is 4. The molecule has 2 saturated heterocycles. The summed E-state index contributed by atoms with van der Waals surface area (Å²) in [6.07, 6.45) is 0.0744. The molecule has 4 unspecified atom stereocenters. The third-order valence-electron chi connectivity index (χ3n) is 11.3. The second-order valence-electron chi connectivity index (χ2n) is 14.5. The van der Waals surface area contributed by atoms with Crippen LogP contribution in [0, 0.1) is 0 Å². The van der Waals surface area contributed by atoms with Crippen molar-refractivity contribution in [1.29, 1.82) is 0 Å². The molecule has 4 bridgehead atoms. The highest BCUT2D eigenvalue weighted by Crippen LogP contribution is 2.48. The summed E-state index contributed by atoms with van der Waals surface area (Å²) in [6.45, 7) is 6.48. The van der Waals surface area contributed by atoms with Gasteiger partial charge in [0, 0.05) is 70.6 Å². The van der Waals surface area contributed by atoms with Crippen LogP contribution in [0.4, 0.5) is 27.2 Å². The molecule has 2 fully saturated rings. The quantitative estimate of drug-likeness (QED) is 0.128. The fourth-order valence-electron chi connectivity index (χ4n) is 8.90. The van der Waals surface area contributed by atoms with Gasteiger partial charge in [-0.15, -0.1) is 17.6 Å². The summed E-state index contributed by atoms with van der Waals surface area (Å²) < 4.78 is 38.8. The maximum Gasteiger partial charge on any atom is 0.483 e.